The first-order chi connectivity index (χ1) is 9.51. The van der Waals surface area contributed by atoms with Gasteiger partial charge in [-0.3, -0.25) is 4.79 Å². The highest BCUT2D eigenvalue weighted by Crippen LogP contribution is 2.16. The second kappa shape index (κ2) is 7.90. The molecule has 0 bridgehead atoms. The maximum atomic E-state index is 11.5. The summed E-state index contributed by atoms with van der Waals surface area (Å²) in [6.45, 7) is 7.23. The molecule has 0 fully saturated rings. The van der Waals surface area contributed by atoms with E-state index in [0.717, 1.165) is 25.1 Å². The average molecular weight is 278 g/mol. The van der Waals surface area contributed by atoms with Gasteiger partial charge in [-0.05, 0) is 50.4 Å². The minimum atomic E-state index is -0.649. The second-order valence-electron chi connectivity index (χ2n) is 5.18. The number of hydrogen-bond donors (Lipinski definition) is 2. The monoisotopic (exact) mass is 278 g/mol. The zero-order chi connectivity index (χ0) is 15.0. The molecule has 4 nitrogen and oxygen atoms in total. The van der Waals surface area contributed by atoms with E-state index in [4.69, 9.17) is 10.5 Å². The quantitative estimate of drug-likeness (QED) is 0.681. The van der Waals surface area contributed by atoms with Crippen molar-refractivity contribution in [1.29, 1.82) is 0 Å². The van der Waals surface area contributed by atoms with Crippen LogP contribution in [0.1, 0.15) is 39.2 Å². The van der Waals surface area contributed by atoms with E-state index in [-0.39, 0.29) is 5.91 Å². The fraction of sp³-hybridized carbons (Fsp3) is 0.562. The first kappa shape index (κ1) is 16.5. The molecule has 0 saturated carbocycles. The van der Waals surface area contributed by atoms with E-state index < -0.39 is 5.54 Å². The number of nitrogens with one attached hydrogen (secondary N) is 1. The van der Waals surface area contributed by atoms with Gasteiger partial charge in [0.2, 0.25) is 5.91 Å². The first-order valence-electron chi connectivity index (χ1n) is 7.28. The molecule has 3 N–H and O–H groups in total. The molecule has 1 rings (SSSR count). The van der Waals surface area contributed by atoms with Crippen LogP contribution in [-0.4, -0.2) is 24.6 Å². The summed E-state index contributed by atoms with van der Waals surface area (Å²) in [5.41, 5.74) is 6.06. The summed E-state index contributed by atoms with van der Waals surface area (Å²) in [7, 11) is 0. The Hall–Kier alpha value is -1.55. The number of carbonyl (C=O) groups excluding carboxylic acids is 1. The van der Waals surface area contributed by atoms with Gasteiger partial charge in [-0.25, -0.2) is 0 Å². The predicted octanol–water partition coefficient (Wildman–Crippen LogP) is 2.26. The van der Waals surface area contributed by atoms with Crippen molar-refractivity contribution in [3.8, 4) is 5.75 Å². The molecule has 0 heterocycles. The molecular formula is C16H26N2O2. The molecule has 1 aromatic rings. The maximum Gasteiger partial charge on any atom is 0.237 e. The lowest BCUT2D eigenvalue weighted by Crippen LogP contribution is -2.53. The minimum Gasteiger partial charge on any atom is -0.494 e. The number of rotatable bonds is 9. The fourth-order valence-electron chi connectivity index (χ4n) is 2.16. The Morgan fingerprint density at radius 1 is 1.40 bits per heavy atom. The molecule has 1 atom stereocenters. The number of aryl methyl sites for hydroxylation is 1. The Labute approximate surface area is 121 Å². The highest BCUT2D eigenvalue weighted by molar-refractivity contribution is 5.84. The van der Waals surface area contributed by atoms with Crippen LogP contribution in [0.15, 0.2) is 24.3 Å². The van der Waals surface area contributed by atoms with Crippen LogP contribution in [0, 0.1) is 0 Å². The highest BCUT2D eigenvalue weighted by atomic mass is 16.5. The topological polar surface area (TPSA) is 64.3 Å². The third kappa shape index (κ3) is 4.85. The smallest absolute Gasteiger partial charge is 0.237 e. The summed E-state index contributed by atoms with van der Waals surface area (Å²) in [6, 6.07) is 8.09. The molecule has 0 aromatic heterocycles. The third-order valence-corrected chi connectivity index (χ3v) is 3.51. The maximum absolute atomic E-state index is 11.5. The summed E-state index contributed by atoms with van der Waals surface area (Å²) < 4.78 is 5.72. The molecule has 1 amide bonds. The van der Waals surface area contributed by atoms with Crippen molar-refractivity contribution in [2.75, 3.05) is 13.2 Å². The predicted molar refractivity (Wildman–Crippen MR) is 81.8 cm³/mol. The summed E-state index contributed by atoms with van der Waals surface area (Å²) in [5, 5.41) is 3.15. The third-order valence-electron chi connectivity index (χ3n) is 3.51. The molecule has 20 heavy (non-hydrogen) atoms. The van der Waals surface area contributed by atoms with Gasteiger partial charge in [0.25, 0.3) is 0 Å². The zero-order valence-electron chi connectivity index (χ0n) is 12.7. The summed E-state index contributed by atoms with van der Waals surface area (Å²) >= 11 is 0. The number of benzene rings is 1. The standard InChI is InChI=1S/C16H26N2O2/c1-4-13-8-6-9-14(12-13)20-11-7-10-16(3,15(17)19)18-5-2/h6,8-9,12,18H,4-5,7,10-11H2,1-3H3,(H2,17,19). The Bertz CT molecular complexity index is 434. The highest BCUT2D eigenvalue weighted by Gasteiger charge is 2.28. The Morgan fingerprint density at radius 3 is 2.75 bits per heavy atom. The summed E-state index contributed by atoms with van der Waals surface area (Å²) in [5.74, 6) is 0.570. The fourth-order valence-corrected chi connectivity index (χ4v) is 2.16. The normalized spacial score (nSPS) is 13.8. The zero-order valence-corrected chi connectivity index (χ0v) is 12.7. The number of likely N-dealkylation sites (N-methyl/N-ethyl adjacent to an activating group) is 1. The molecule has 1 aromatic carbocycles. The van der Waals surface area contributed by atoms with Gasteiger partial charge in [0.1, 0.15) is 5.75 Å². The number of hydrogen-bond acceptors (Lipinski definition) is 3. The van der Waals surface area contributed by atoms with E-state index in [2.05, 4.69) is 24.4 Å². The van der Waals surface area contributed by atoms with Gasteiger partial charge in [0.15, 0.2) is 0 Å². The van der Waals surface area contributed by atoms with Gasteiger partial charge in [0.05, 0.1) is 12.1 Å². The molecular weight excluding hydrogens is 252 g/mol. The van der Waals surface area contributed by atoms with Crippen molar-refractivity contribution < 1.29 is 9.53 Å². The molecule has 0 spiro atoms. The van der Waals surface area contributed by atoms with Gasteiger partial charge < -0.3 is 15.8 Å². The van der Waals surface area contributed by atoms with E-state index >= 15 is 0 Å². The van der Waals surface area contributed by atoms with E-state index in [1.807, 2.05) is 26.0 Å². The number of carbonyl (C=O) groups is 1. The lowest BCUT2D eigenvalue weighted by atomic mass is 9.95. The van der Waals surface area contributed by atoms with Crippen molar-refractivity contribution in [3.05, 3.63) is 29.8 Å². The van der Waals surface area contributed by atoms with Crippen LogP contribution in [0.25, 0.3) is 0 Å². The lowest BCUT2D eigenvalue weighted by Gasteiger charge is -2.26. The Morgan fingerprint density at radius 2 is 2.15 bits per heavy atom. The van der Waals surface area contributed by atoms with Gasteiger partial charge in [-0.2, -0.15) is 0 Å². The molecule has 0 saturated heterocycles. The van der Waals surface area contributed by atoms with E-state index in [1.54, 1.807) is 0 Å². The largest absolute Gasteiger partial charge is 0.494 e. The molecule has 0 aliphatic rings. The molecule has 1 unspecified atom stereocenters. The number of amides is 1. The molecule has 0 aliphatic heterocycles. The van der Waals surface area contributed by atoms with Gasteiger partial charge in [0, 0.05) is 0 Å². The van der Waals surface area contributed by atoms with Gasteiger partial charge >= 0.3 is 0 Å². The molecule has 0 radical (unpaired) electrons. The minimum absolute atomic E-state index is 0.313. The van der Waals surface area contributed by atoms with Crippen molar-refractivity contribution in [3.63, 3.8) is 0 Å². The van der Waals surface area contributed by atoms with Crippen LogP contribution in [-0.2, 0) is 11.2 Å². The van der Waals surface area contributed by atoms with E-state index in [0.29, 0.717) is 13.0 Å². The van der Waals surface area contributed by atoms with Crippen molar-refractivity contribution >= 4 is 5.91 Å². The molecule has 0 aliphatic carbocycles. The number of nitrogens with two attached hydrogens (primary N) is 1. The van der Waals surface area contributed by atoms with Crippen molar-refractivity contribution in [2.45, 2.75) is 45.6 Å². The Balaban J connectivity index is 2.42. The first-order valence-corrected chi connectivity index (χ1v) is 7.28. The average Bonchev–Trinajstić information content (AvgIpc) is 2.44. The molecule has 112 valence electrons. The number of primary amides is 1. The Kier molecular flexibility index (Phi) is 6.52. The SMILES string of the molecule is CCNC(C)(CCCOc1cccc(CC)c1)C(N)=O. The van der Waals surface area contributed by atoms with Gasteiger partial charge in [-0.15, -0.1) is 0 Å². The summed E-state index contributed by atoms with van der Waals surface area (Å²) in [4.78, 5) is 11.5. The van der Waals surface area contributed by atoms with Crippen molar-refractivity contribution in [1.82, 2.24) is 5.32 Å². The van der Waals surface area contributed by atoms with Crippen molar-refractivity contribution in [2.24, 2.45) is 5.73 Å². The summed E-state index contributed by atoms with van der Waals surface area (Å²) in [6.07, 6.45) is 2.45. The van der Waals surface area contributed by atoms with Crippen LogP contribution in [0.5, 0.6) is 5.75 Å². The van der Waals surface area contributed by atoms with Gasteiger partial charge in [-0.1, -0.05) is 26.0 Å². The van der Waals surface area contributed by atoms with Crippen LogP contribution in [0.2, 0.25) is 0 Å². The van der Waals surface area contributed by atoms with Crippen LogP contribution in [0.3, 0.4) is 0 Å². The van der Waals surface area contributed by atoms with Crippen LogP contribution < -0.4 is 15.8 Å². The van der Waals surface area contributed by atoms with Crippen LogP contribution in [0.4, 0.5) is 0 Å². The van der Waals surface area contributed by atoms with E-state index in [1.165, 1.54) is 5.56 Å². The number of ether oxygens (including phenoxy) is 1. The lowest BCUT2D eigenvalue weighted by molar-refractivity contribution is -0.124. The molecule has 4 heteroatoms. The van der Waals surface area contributed by atoms with Crippen LogP contribution >= 0.6 is 0 Å². The van der Waals surface area contributed by atoms with E-state index in [9.17, 15) is 4.79 Å². The second-order valence-corrected chi connectivity index (χ2v) is 5.18.